The van der Waals surface area contributed by atoms with Crippen LogP contribution in [0.5, 0.6) is 0 Å². The van der Waals surface area contributed by atoms with E-state index in [1.165, 1.54) is 0 Å². The van der Waals surface area contributed by atoms with E-state index in [0.717, 1.165) is 11.1 Å². The number of hydrogen-bond donors (Lipinski definition) is 2. The normalized spacial score (nSPS) is 12.9. The molecule has 2 aromatic rings. The van der Waals surface area contributed by atoms with Crippen LogP contribution in [-0.4, -0.2) is 46.0 Å². The summed E-state index contributed by atoms with van der Waals surface area (Å²) in [5, 5.41) is 0. The minimum absolute atomic E-state index is 0.376. The second kappa shape index (κ2) is 10.2. The molecule has 0 fully saturated rings. The number of carbonyl (C=O) groups excluding carboxylic acids is 2. The van der Waals surface area contributed by atoms with Gasteiger partial charge in [-0.1, -0.05) is 0 Å². The molecule has 0 saturated carbocycles. The Morgan fingerprint density at radius 2 is 1.12 bits per heavy atom. The van der Waals surface area contributed by atoms with Gasteiger partial charge in [0.15, 0.2) is 0 Å². The van der Waals surface area contributed by atoms with Gasteiger partial charge in [-0.05, 0) is 0 Å². The molecule has 2 radical (unpaired) electrons. The number of hydrogen-bond acceptors (Lipinski definition) is 6. The van der Waals surface area contributed by atoms with Crippen molar-refractivity contribution in [2.45, 2.75) is 24.9 Å². The van der Waals surface area contributed by atoms with Gasteiger partial charge in [0.2, 0.25) is 0 Å². The number of nitrogens with two attached hydrogens (primary N) is 2. The van der Waals surface area contributed by atoms with Gasteiger partial charge >= 0.3 is 158 Å². The van der Waals surface area contributed by atoms with E-state index < -0.39 is 46.0 Å². The van der Waals surface area contributed by atoms with Crippen LogP contribution in [0.1, 0.15) is 11.1 Å². The molecular weight excluding hydrogens is 427 g/mol. The van der Waals surface area contributed by atoms with Crippen LogP contribution >= 0.6 is 0 Å². The van der Waals surface area contributed by atoms with Crippen LogP contribution in [0.15, 0.2) is 60.7 Å². The molecular formula is C18H20N2O4Sn. The average Bonchev–Trinajstić information content (AvgIpc) is 2.63. The fraction of sp³-hybridized carbons (Fsp3) is 0.222. The predicted molar refractivity (Wildman–Crippen MR) is 94.2 cm³/mol. The molecule has 0 aliphatic heterocycles. The molecule has 2 rings (SSSR count). The van der Waals surface area contributed by atoms with Gasteiger partial charge in [0, 0.05) is 0 Å². The first kappa shape index (κ1) is 19.4. The van der Waals surface area contributed by atoms with Gasteiger partial charge < -0.3 is 0 Å². The molecule has 7 heteroatoms. The standard InChI is InChI=1S/2C9H11NO2.Sn/c2*10-8(9(11)12)6-7-4-2-1-3-5-7;/h2*1-5,8H,6,10H2,(H,11,12);/q;;+2/p-2. The first-order chi connectivity index (χ1) is 12.1. The molecule has 0 amide bonds. The third-order valence-electron chi connectivity index (χ3n) is 3.49. The quantitative estimate of drug-likeness (QED) is 0.579. The van der Waals surface area contributed by atoms with Crippen LogP contribution in [0, 0.1) is 0 Å². The van der Waals surface area contributed by atoms with Crippen LogP contribution in [0.2, 0.25) is 0 Å². The van der Waals surface area contributed by atoms with Crippen molar-refractivity contribution in [3.8, 4) is 0 Å². The van der Waals surface area contributed by atoms with E-state index in [-0.39, 0.29) is 0 Å². The van der Waals surface area contributed by atoms with Gasteiger partial charge in [-0.25, -0.2) is 0 Å². The minimum atomic E-state index is -2.10. The average molecular weight is 447 g/mol. The van der Waals surface area contributed by atoms with Gasteiger partial charge in [-0.3, -0.25) is 0 Å². The Labute approximate surface area is 157 Å². The molecule has 2 aromatic carbocycles. The zero-order chi connectivity index (χ0) is 18.1. The maximum atomic E-state index is 11.9. The van der Waals surface area contributed by atoms with Crippen molar-refractivity contribution in [3.05, 3.63) is 71.8 Å². The molecule has 130 valence electrons. The molecule has 0 aromatic heterocycles. The Bertz CT molecular complexity index is 622. The second-order valence-corrected chi connectivity index (χ2v) is 7.16. The Hall–Kier alpha value is -1.90. The summed E-state index contributed by atoms with van der Waals surface area (Å²) in [6.45, 7) is 0. The van der Waals surface area contributed by atoms with Crippen molar-refractivity contribution < 1.29 is 15.7 Å². The van der Waals surface area contributed by atoms with E-state index in [1.807, 2.05) is 60.7 Å². The molecule has 25 heavy (non-hydrogen) atoms. The van der Waals surface area contributed by atoms with Crippen LogP contribution < -0.4 is 11.5 Å². The van der Waals surface area contributed by atoms with Gasteiger partial charge in [-0.2, -0.15) is 0 Å². The Morgan fingerprint density at radius 3 is 1.48 bits per heavy atom. The predicted octanol–water partition coefficient (Wildman–Crippen LogP) is 0.747. The summed E-state index contributed by atoms with van der Waals surface area (Å²) in [5.41, 5.74) is 13.5. The summed E-state index contributed by atoms with van der Waals surface area (Å²) in [6, 6.07) is 17.3. The first-order valence-electron chi connectivity index (χ1n) is 7.81. The molecule has 0 saturated heterocycles. The monoisotopic (exact) mass is 448 g/mol. The molecule has 4 N–H and O–H groups in total. The Kier molecular flexibility index (Phi) is 7.90. The summed E-state index contributed by atoms with van der Waals surface area (Å²) in [4.78, 5) is 23.7. The zero-order valence-corrected chi connectivity index (χ0v) is 16.5. The summed E-state index contributed by atoms with van der Waals surface area (Å²) in [5.74, 6) is -1.11. The van der Waals surface area contributed by atoms with E-state index >= 15 is 0 Å². The zero-order valence-electron chi connectivity index (χ0n) is 13.6. The molecule has 6 nitrogen and oxygen atoms in total. The molecule has 0 bridgehead atoms. The Balaban J connectivity index is 1.70. The van der Waals surface area contributed by atoms with Crippen molar-refractivity contribution in [2.24, 2.45) is 11.5 Å². The summed E-state index contributed by atoms with van der Waals surface area (Å²) in [7, 11) is 0. The fourth-order valence-electron chi connectivity index (χ4n) is 2.16. The van der Waals surface area contributed by atoms with Crippen molar-refractivity contribution >= 4 is 33.9 Å². The Morgan fingerprint density at radius 1 is 0.760 bits per heavy atom. The van der Waals surface area contributed by atoms with Crippen molar-refractivity contribution in [1.29, 1.82) is 0 Å². The summed E-state index contributed by atoms with van der Waals surface area (Å²) in [6.07, 6.45) is 0.751. The third-order valence-corrected chi connectivity index (χ3v) is 5.11. The van der Waals surface area contributed by atoms with Crippen molar-refractivity contribution in [3.63, 3.8) is 0 Å². The van der Waals surface area contributed by atoms with Crippen molar-refractivity contribution in [1.82, 2.24) is 0 Å². The van der Waals surface area contributed by atoms with Crippen LogP contribution in [0.4, 0.5) is 0 Å². The van der Waals surface area contributed by atoms with E-state index in [2.05, 4.69) is 0 Å². The van der Waals surface area contributed by atoms with E-state index in [9.17, 15) is 9.59 Å². The molecule has 0 heterocycles. The summed E-state index contributed by atoms with van der Waals surface area (Å²) >= 11 is -2.10. The van der Waals surface area contributed by atoms with E-state index in [4.69, 9.17) is 17.6 Å². The molecule has 0 spiro atoms. The molecule has 2 unspecified atom stereocenters. The van der Waals surface area contributed by atoms with Crippen LogP contribution in [0.25, 0.3) is 0 Å². The summed E-state index contributed by atoms with van der Waals surface area (Å²) < 4.78 is 10.1. The number of benzene rings is 2. The van der Waals surface area contributed by atoms with Crippen LogP contribution in [0.3, 0.4) is 0 Å². The molecule has 2 atom stereocenters. The number of rotatable bonds is 8. The third kappa shape index (κ3) is 6.85. The topological polar surface area (TPSA) is 105 Å². The molecule has 0 aliphatic carbocycles. The van der Waals surface area contributed by atoms with Gasteiger partial charge in [-0.15, -0.1) is 0 Å². The van der Waals surface area contributed by atoms with E-state index in [0.29, 0.717) is 12.8 Å². The second-order valence-electron chi connectivity index (χ2n) is 5.52. The van der Waals surface area contributed by atoms with Gasteiger partial charge in [0.25, 0.3) is 0 Å². The van der Waals surface area contributed by atoms with E-state index in [1.54, 1.807) is 0 Å². The van der Waals surface area contributed by atoms with Crippen molar-refractivity contribution in [2.75, 3.05) is 0 Å². The first-order valence-corrected chi connectivity index (χ1v) is 10.1. The number of carbonyl (C=O) groups is 2. The van der Waals surface area contributed by atoms with Gasteiger partial charge in [0.1, 0.15) is 0 Å². The van der Waals surface area contributed by atoms with Gasteiger partial charge in [0.05, 0.1) is 0 Å². The maximum absolute atomic E-state index is 11.9. The SMILES string of the molecule is NC(Cc1ccccc1)C(=O)[O][Sn][O]C(=O)C(N)Cc1ccccc1. The fourth-order valence-corrected chi connectivity index (χ4v) is 3.61. The van der Waals surface area contributed by atoms with Crippen LogP contribution in [-0.2, 0) is 28.6 Å². The molecule has 0 aliphatic rings.